The Balaban J connectivity index is 2.01. The predicted molar refractivity (Wildman–Crippen MR) is 88.6 cm³/mol. The van der Waals surface area contributed by atoms with Crippen molar-refractivity contribution in [2.24, 2.45) is 0 Å². The second-order valence-electron chi connectivity index (χ2n) is 4.89. The van der Waals surface area contributed by atoms with E-state index in [1.54, 1.807) is 25.1 Å². The van der Waals surface area contributed by atoms with Crippen molar-refractivity contribution in [1.82, 2.24) is 0 Å². The van der Waals surface area contributed by atoms with Gasteiger partial charge in [0.2, 0.25) is 5.76 Å². The highest BCUT2D eigenvalue weighted by atomic mass is 35.5. The minimum absolute atomic E-state index is 0.133. The summed E-state index contributed by atoms with van der Waals surface area (Å²) in [4.78, 5) is 24.3. The van der Waals surface area contributed by atoms with Gasteiger partial charge in [0.25, 0.3) is 0 Å². The molecule has 0 aliphatic heterocycles. The number of carbonyl (C=O) groups is 1. The van der Waals surface area contributed by atoms with Crippen molar-refractivity contribution in [3.8, 4) is 5.75 Å². The smallest absolute Gasteiger partial charge is 0.379 e. The molecule has 3 aromatic rings. The number of aryl methyl sites for hydroxylation is 1. The van der Waals surface area contributed by atoms with E-state index in [1.165, 1.54) is 18.2 Å². The molecule has 0 atom stereocenters. The van der Waals surface area contributed by atoms with Crippen LogP contribution in [0.15, 0.2) is 51.7 Å². The van der Waals surface area contributed by atoms with Crippen LogP contribution in [0.5, 0.6) is 5.75 Å². The quantitative estimate of drug-likeness (QED) is 0.500. The monoisotopic (exact) mass is 348 g/mol. The molecule has 0 spiro atoms. The van der Waals surface area contributed by atoms with Gasteiger partial charge >= 0.3 is 5.97 Å². The average molecular weight is 349 g/mol. The summed E-state index contributed by atoms with van der Waals surface area (Å²) in [5.74, 6) is -0.868. The Morgan fingerprint density at radius 2 is 1.91 bits per heavy atom. The number of rotatable bonds is 2. The largest absolute Gasteiger partial charge is 0.448 e. The lowest BCUT2D eigenvalue weighted by atomic mass is 10.1. The maximum absolute atomic E-state index is 12.2. The van der Waals surface area contributed by atoms with Gasteiger partial charge in [-0.25, -0.2) is 4.79 Å². The fourth-order valence-corrected chi connectivity index (χ4v) is 2.57. The summed E-state index contributed by atoms with van der Waals surface area (Å²) in [6.45, 7) is 1.79. The molecule has 2 aromatic carbocycles. The van der Waals surface area contributed by atoms with Crippen LogP contribution < -0.4 is 10.2 Å². The Kier molecular flexibility index (Phi) is 4.11. The van der Waals surface area contributed by atoms with Gasteiger partial charge in [0.05, 0.1) is 10.4 Å². The Labute approximate surface area is 141 Å². The van der Waals surface area contributed by atoms with Crippen molar-refractivity contribution in [3.63, 3.8) is 0 Å². The van der Waals surface area contributed by atoms with E-state index >= 15 is 0 Å². The van der Waals surface area contributed by atoms with E-state index in [1.807, 2.05) is 0 Å². The minimum Gasteiger partial charge on any atom is -0.448 e. The molecule has 0 fully saturated rings. The topological polar surface area (TPSA) is 56.5 Å². The van der Waals surface area contributed by atoms with Crippen molar-refractivity contribution >= 4 is 40.1 Å². The molecule has 4 nitrogen and oxygen atoms in total. The lowest BCUT2D eigenvalue weighted by Crippen LogP contribution is -2.13. The number of hydrogen-bond acceptors (Lipinski definition) is 4. The number of halogens is 2. The maximum Gasteiger partial charge on any atom is 0.379 e. The highest BCUT2D eigenvalue weighted by molar-refractivity contribution is 6.35. The molecule has 0 N–H and O–H groups in total. The molecule has 0 saturated heterocycles. The summed E-state index contributed by atoms with van der Waals surface area (Å²) in [5, 5.41) is 1.01. The van der Waals surface area contributed by atoms with Gasteiger partial charge in [-0.05, 0) is 36.8 Å². The fraction of sp³-hybridized carbons (Fsp3) is 0.0588. The Bertz CT molecular complexity index is 976. The van der Waals surface area contributed by atoms with Crippen molar-refractivity contribution in [1.29, 1.82) is 0 Å². The second-order valence-corrected chi connectivity index (χ2v) is 5.73. The molecule has 0 aliphatic rings. The van der Waals surface area contributed by atoms with Gasteiger partial charge in [0, 0.05) is 11.1 Å². The summed E-state index contributed by atoms with van der Waals surface area (Å²) in [5.41, 5.74) is 0.789. The first-order valence-corrected chi connectivity index (χ1v) is 7.42. The maximum atomic E-state index is 12.2. The van der Waals surface area contributed by atoms with Gasteiger partial charge in [-0.2, -0.15) is 0 Å². The van der Waals surface area contributed by atoms with E-state index in [0.29, 0.717) is 16.0 Å². The van der Waals surface area contributed by atoms with Crippen LogP contribution in [0.3, 0.4) is 0 Å². The Morgan fingerprint density at radius 1 is 1.13 bits per heavy atom. The van der Waals surface area contributed by atoms with Crippen LogP contribution in [-0.4, -0.2) is 5.97 Å². The van der Waals surface area contributed by atoms with E-state index in [0.717, 1.165) is 11.6 Å². The molecule has 0 radical (unpaired) electrons. The summed E-state index contributed by atoms with van der Waals surface area (Å²) < 4.78 is 10.7. The summed E-state index contributed by atoms with van der Waals surface area (Å²) >= 11 is 11.7. The van der Waals surface area contributed by atoms with Crippen molar-refractivity contribution in [3.05, 3.63) is 74.1 Å². The van der Waals surface area contributed by atoms with Crippen LogP contribution in [0, 0.1) is 6.92 Å². The number of esters is 1. The van der Waals surface area contributed by atoms with E-state index < -0.39 is 5.97 Å². The van der Waals surface area contributed by atoms with Crippen molar-refractivity contribution in [2.45, 2.75) is 6.92 Å². The second kappa shape index (κ2) is 6.07. The van der Waals surface area contributed by atoms with Crippen LogP contribution >= 0.6 is 23.2 Å². The first-order valence-electron chi connectivity index (χ1n) is 6.66. The third-order valence-corrected chi connectivity index (χ3v) is 3.78. The summed E-state index contributed by atoms with van der Waals surface area (Å²) in [6, 6.07) is 10.7. The van der Waals surface area contributed by atoms with Gasteiger partial charge < -0.3 is 9.15 Å². The first kappa shape index (κ1) is 15.6. The van der Waals surface area contributed by atoms with Gasteiger partial charge in [-0.15, -0.1) is 0 Å². The number of carbonyl (C=O) groups excluding carboxylic acids is 1. The molecule has 1 heterocycles. The lowest BCUT2D eigenvalue weighted by Gasteiger charge is -2.07. The SMILES string of the molecule is Cc1cccc2c(=O)cc(C(=O)Oc3ccc(Cl)cc3Cl)oc12. The molecule has 23 heavy (non-hydrogen) atoms. The standard InChI is InChI=1S/C17H10Cl2O4/c1-9-3-2-4-11-13(20)8-15(22-16(9)11)17(21)23-14-6-5-10(18)7-12(14)19/h2-8H,1H3. The Morgan fingerprint density at radius 3 is 2.65 bits per heavy atom. The van der Waals surface area contributed by atoms with E-state index in [2.05, 4.69) is 0 Å². The molecule has 0 aliphatic carbocycles. The van der Waals surface area contributed by atoms with Crippen molar-refractivity contribution in [2.75, 3.05) is 0 Å². The van der Waals surface area contributed by atoms with Crippen LogP contribution in [0.4, 0.5) is 0 Å². The zero-order valence-corrected chi connectivity index (χ0v) is 13.4. The number of ether oxygens (including phenoxy) is 1. The molecular formula is C17H10Cl2O4. The highest BCUT2D eigenvalue weighted by Gasteiger charge is 2.17. The zero-order valence-electron chi connectivity index (χ0n) is 11.9. The molecule has 6 heteroatoms. The van der Waals surface area contributed by atoms with Crippen LogP contribution in [0.1, 0.15) is 16.1 Å². The Hall–Kier alpha value is -2.30. The summed E-state index contributed by atoms with van der Waals surface area (Å²) in [7, 11) is 0. The molecule has 1 aromatic heterocycles. The van der Waals surface area contributed by atoms with E-state index in [-0.39, 0.29) is 22.0 Å². The summed E-state index contributed by atoms with van der Waals surface area (Å²) in [6.07, 6.45) is 0. The van der Waals surface area contributed by atoms with Crippen LogP contribution in [0.2, 0.25) is 10.0 Å². The normalized spacial score (nSPS) is 10.7. The molecule has 116 valence electrons. The number of fused-ring (bicyclic) bond motifs is 1. The minimum atomic E-state index is -0.809. The zero-order chi connectivity index (χ0) is 16.6. The third kappa shape index (κ3) is 3.09. The van der Waals surface area contributed by atoms with Gasteiger partial charge in [-0.1, -0.05) is 35.3 Å². The lowest BCUT2D eigenvalue weighted by molar-refractivity contribution is 0.0702. The average Bonchev–Trinajstić information content (AvgIpc) is 2.51. The molecule has 0 amide bonds. The molecule has 0 bridgehead atoms. The highest BCUT2D eigenvalue weighted by Crippen LogP contribution is 2.28. The third-order valence-electron chi connectivity index (χ3n) is 3.25. The van der Waals surface area contributed by atoms with Crippen LogP contribution in [0.25, 0.3) is 11.0 Å². The number of para-hydroxylation sites is 1. The van der Waals surface area contributed by atoms with Crippen molar-refractivity contribution < 1.29 is 13.9 Å². The van der Waals surface area contributed by atoms with E-state index in [4.69, 9.17) is 32.4 Å². The molecule has 0 unspecified atom stereocenters. The number of hydrogen-bond donors (Lipinski definition) is 0. The molecule has 3 rings (SSSR count). The molecular weight excluding hydrogens is 339 g/mol. The predicted octanol–water partition coefficient (Wildman–Crippen LogP) is 4.63. The number of benzene rings is 2. The van der Waals surface area contributed by atoms with E-state index in [9.17, 15) is 9.59 Å². The first-order chi connectivity index (χ1) is 11.0. The van der Waals surface area contributed by atoms with Gasteiger partial charge in [0.1, 0.15) is 11.3 Å². The van der Waals surface area contributed by atoms with Gasteiger partial charge in [-0.3, -0.25) is 4.79 Å². The fourth-order valence-electron chi connectivity index (χ4n) is 2.13. The molecule has 0 saturated carbocycles. The van der Waals surface area contributed by atoms with Gasteiger partial charge in [0.15, 0.2) is 5.43 Å². The van der Waals surface area contributed by atoms with Crippen LogP contribution in [-0.2, 0) is 0 Å².